The third-order valence-corrected chi connectivity index (χ3v) is 3.02. The molecule has 0 aromatic carbocycles. The number of aliphatic hydroxyl groups is 5. The Morgan fingerprint density at radius 2 is 1.19 bits per heavy atom. The van der Waals surface area contributed by atoms with E-state index in [4.69, 9.17) is 4.89 Å². The van der Waals surface area contributed by atoms with Gasteiger partial charge in [0.1, 0.15) is 36.6 Å². The van der Waals surface area contributed by atoms with Crippen LogP contribution in [0.1, 0.15) is 0 Å². The average Bonchev–Trinajstić information content (AvgIpc) is 2.17. The van der Waals surface area contributed by atoms with E-state index in [0.717, 1.165) is 6.66 Å². The maximum Gasteiger partial charge on any atom is 0.325 e. The molecule has 7 atom stereocenters. The van der Waals surface area contributed by atoms with Crippen molar-refractivity contribution in [2.45, 2.75) is 36.6 Å². The van der Waals surface area contributed by atoms with Crippen LogP contribution in [0.5, 0.6) is 0 Å². The fraction of sp³-hybridized carbons (Fsp3) is 1.00. The maximum absolute atomic E-state index is 11.0. The van der Waals surface area contributed by atoms with Crippen molar-refractivity contribution in [2.24, 2.45) is 0 Å². The van der Waals surface area contributed by atoms with Gasteiger partial charge in [0.25, 0.3) is 0 Å². The van der Waals surface area contributed by atoms with E-state index < -0.39 is 44.2 Å². The van der Waals surface area contributed by atoms with Gasteiger partial charge in [0.05, 0.1) is 0 Å². The summed E-state index contributed by atoms with van der Waals surface area (Å²) in [6, 6.07) is 0. The van der Waals surface area contributed by atoms with Gasteiger partial charge < -0.3 is 30.4 Å². The number of hydrogen-bond donors (Lipinski definition) is 6. The molecule has 96 valence electrons. The van der Waals surface area contributed by atoms with Crippen molar-refractivity contribution in [2.75, 3.05) is 6.66 Å². The van der Waals surface area contributed by atoms with Gasteiger partial charge in [-0.15, -0.1) is 0 Å². The summed E-state index contributed by atoms with van der Waals surface area (Å²) in [6.07, 6.45) is -10.5. The molecule has 0 aromatic rings. The molecule has 1 saturated carbocycles. The monoisotopic (exact) mass is 258 g/mol. The lowest BCUT2D eigenvalue weighted by Crippen LogP contribution is -2.64. The van der Waals surface area contributed by atoms with Crippen LogP contribution in [0.25, 0.3) is 0 Å². The number of hydrogen-bond acceptors (Lipinski definition) is 7. The van der Waals surface area contributed by atoms with Crippen molar-refractivity contribution in [3.05, 3.63) is 0 Å². The van der Waals surface area contributed by atoms with Gasteiger partial charge >= 0.3 is 7.60 Å². The molecular weight excluding hydrogens is 243 g/mol. The minimum Gasteiger partial charge on any atom is -0.387 e. The summed E-state index contributed by atoms with van der Waals surface area (Å²) < 4.78 is 15.4. The zero-order valence-corrected chi connectivity index (χ0v) is 9.31. The molecule has 0 saturated heterocycles. The average molecular weight is 258 g/mol. The zero-order valence-electron chi connectivity index (χ0n) is 8.41. The SMILES string of the molecule is CP(=O)(O)OC1[C@@H](O)[C@H](O)C(O)[C@H](O)[C@@H]1O. The van der Waals surface area contributed by atoms with Crippen molar-refractivity contribution in [1.82, 2.24) is 0 Å². The van der Waals surface area contributed by atoms with Crippen molar-refractivity contribution in [3.63, 3.8) is 0 Å². The molecule has 6 N–H and O–H groups in total. The lowest BCUT2D eigenvalue weighted by molar-refractivity contribution is -0.217. The van der Waals surface area contributed by atoms with Crippen LogP contribution in [0.2, 0.25) is 0 Å². The van der Waals surface area contributed by atoms with Crippen molar-refractivity contribution >= 4 is 7.60 Å². The topological polar surface area (TPSA) is 148 Å². The lowest BCUT2D eigenvalue weighted by Gasteiger charge is -2.41. The summed E-state index contributed by atoms with van der Waals surface area (Å²) >= 11 is 0. The molecule has 16 heavy (non-hydrogen) atoms. The van der Waals surface area contributed by atoms with Crippen LogP contribution in [-0.4, -0.2) is 73.7 Å². The Balaban J connectivity index is 2.87. The smallest absolute Gasteiger partial charge is 0.325 e. The molecular formula is C7H15O8P. The molecule has 1 rings (SSSR count). The van der Waals surface area contributed by atoms with Crippen LogP contribution >= 0.6 is 7.60 Å². The first-order valence-electron chi connectivity index (χ1n) is 4.54. The highest BCUT2D eigenvalue weighted by Crippen LogP contribution is 2.41. The van der Waals surface area contributed by atoms with Gasteiger partial charge in [-0.2, -0.15) is 0 Å². The van der Waals surface area contributed by atoms with Crippen molar-refractivity contribution in [1.29, 1.82) is 0 Å². The van der Waals surface area contributed by atoms with Crippen LogP contribution < -0.4 is 0 Å². The second-order valence-corrected chi connectivity index (χ2v) is 5.64. The van der Waals surface area contributed by atoms with E-state index in [1.54, 1.807) is 0 Å². The first-order chi connectivity index (χ1) is 7.15. The highest BCUT2D eigenvalue weighted by Gasteiger charge is 2.50. The molecule has 3 unspecified atom stereocenters. The predicted octanol–water partition coefficient (Wildman–Crippen LogP) is -3.00. The van der Waals surface area contributed by atoms with Gasteiger partial charge in [0, 0.05) is 6.66 Å². The highest BCUT2D eigenvalue weighted by atomic mass is 31.2. The molecule has 0 heterocycles. The molecule has 8 nitrogen and oxygen atoms in total. The lowest BCUT2D eigenvalue weighted by atomic mass is 9.85. The Hall–Kier alpha value is -0.0500. The third kappa shape index (κ3) is 2.79. The largest absolute Gasteiger partial charge is 0.387 e. The Kier molecular flexibility index (Phi) is 4.09. The third-order valence-electron chi connectivity index (χ3n) is 2.39. The van der Waals surface area contributed by atoms with Crippen LogP contribution in [-0.2, 0) is 9.09 Å². The standard InChI is InChI=1S/C7H15O8P/c1-16(13,14)15-7-5(11)3(9)2(8)4(10)6(7)12/h2-12H,1H3,(H,13,14)/t2?,3-,4+,5-,6-,7?/m0/s1. The molecule has 1 aliphatic carbocycles. The molecule has 1 aliphatic rings. The highest BCUT2D eigenvalue weighted by molar-refractivity contribution is 7.51. The van der Waals surface area contributed by atoms with E-state index in [1.165, 1.54) is 0 Å². The molecule has 1 fully saturated rings. The summed E-state index contributed by atoms with van der Waals surface area (Å²) in [4.78, 5) is 8.93. The molecule has 0 bridgehead atoms. The van der Waals surface area contributed by atoms with Crippen molar-refractivity contribution < 1.29 is 39.5 Å². The normalized spacial score (nSPS) is 48.7. The molecule has 0 aromatic heterocycles. The Morgan fingerprint density at radius 1 is 0.875 bits per heavy atom. The first kappa shape index (κ1) is 14.0. The number of aliphatic hydroxyl groups excluding tert-OH is 5. The number of rotatable bonds is 2. The van der Waals surface area contributed by atoms with Crippen molar-refractivity contribution in [3.8, 4) is 0 Å². The van der Waals surface area contributed by atoms with Gasteiger partial charge in [-0.3, -0.25) is 9.09 Å². The molecule has 0 radical (unpaired) electrons. The minimum atomic E-state index is -4.01. The van der Waals surface area contributed by atoms with Gasteiger partial charge in [-0.25, -0.2) is 0 Å². The van der Waals surface area contributed by atoms with Gasteiger partial charge in [0.15, 0.2) is 0 Å². The molecule has 0 spiro atoms. The summed E-state index contributed by atoms with van der Waals surface area (Å²) in [5.41, 5.74) is 0. The molecule has 9 heteroatoms. The maximum atomic E-state index is 11.0. The minimum absolute atomic E-state index is 0.830. The predicted molar refractivity (Wildman–Crippen MR) is 50.7 cm³/mol. The second-order valence-electron chi connectivity index (χ2n) is 3.83. The Bertz CT molecular complexity index is 274. The van der Waals surface area contributed by atoms with Crippen LogP contribution in [0, 0.1) is 0 Å². The molecule has 0 aliphatic heterocycles. The van der Waals surface area contributed by atoms with Gasteiger partial charge in [-0.1, -0.05) is 0 Å². The fourth-order valence-electron chi connectivity index (χ4n) is 1.55. The van der Waals surface area contributed by atoms with Crippen LogP contribution in [0.3, 0.4) is 0 Å². The Labute approximate surface area is 91.3 Å². The van der Waals surface area contributed by atoms with Crippen LogP contribution in [0.4, 0.5) is 0 Å². The summed E-state index contributed by atoms with van der Waals surface area (Å²) in [7, 11) is -4.01. The first-order valence-corrected chi connectivity index (χ1v) is 6.56. The van der Waals surface area contributed by atoms with E-state index in [2.05, 4.69) is 4.52 Å². The van der Waals surface area contributed by atoms with E-state index in [0.29, 0.717) is 0 Å². The summed E-state index contributed by atoms with van der Waals surface area (Å²) in [5.74, 6) is 0. The van der Waals surface area contributed by atoms with E-state index in [9.17, 15) is 30.1 Å². The fourth-order valence-corrected chi connectivity index (χ4v) is 2.25. The Morgan fingerprint density at radius 3 is 1.50 bits per heavy atom. The van der Waals surface area contributed by atoms with Gasteiger partial charge in [0.2, 0.25) is 0 Å². The van der Waals surface area contributed by atoms with E-state index >= 15 is 0 Å². The van der Waals surface area contributed by atoms with Gasteiger partial charge in [-0.05, 0) is 0 Å². The quantitative estimate of drug-likeness (QED) is 0.287. The zero-order chi connectivity index (χ0) is 12.7. The van der Waals surface area contributed by atoms with E-state index in [-0.39, 0.29) is 0 Å². The van der Waals surface area contributed by atoms with E-state index in [1.807, 2.05) is 0 Å². The summed E-state index contributed by atoms with van der Waals surface area (Å²) in [5, 5.41) is 46.6. The summed E-state index contributed by atoms with van der Waals surface area (Å²) in [6.45, 7) is 0.830. The second kappa shape index (κ2) is 4.67. The molecule has 0 amide bonds. The van der Waals surface area contributed by atoms with Crippen LogP contribution in [0.15, 0.2) is 0 Å².